The number of benzene rings is 1. The number of nitro benzene ring substituents is 1. The molecular weight excluding hydrogens is 294 g/mol. The van der Waals surface area contributed by atoms with Gasteiger partial charge in [0.15, 0.2) is 0 Å². The second kappa shape index (κ2) is 4.89. The fourth-order valence-corrected chi connectivity index (χ4v) is 3.79. The van der Waals surface area contributed by atoms with Gasteiger partial charge in [-0.05, 0) is 32.1 Å². The molecule has 0 radical (unpaired) electrons. The van der Waals surface area contributed by atoms with E-state index in [9.17, 15) is 10.1 Å². The fourth-order valence-electron chi connectivity index (χ4n) is 2.22. The minimum atomic E-state index is -0.324. The maximum absolute atomic E-state index is 11.2. The van der Waals surface area contributed by atoms with E-state index in [4.69, 9.17) is 0 Å². The van der Waals surface area contributed by atoms with E-state index in [0.717, 1.165) is 21.8 Å². The number of thiazole rings is 1. The smallest absolute Gasteiger partial charge is 0.293 e. The normalized spacial score (nSPS) is 16.3. The molecule has 1 aliphatic rings. The molecule has 7 heteroatoms. The first-order valence-electron chi connectivity index (χ1n) is 6.38. The van der Waals surface area contributed by atoms with Crippen molar-refractivity contribution in [3.05, 3.63) is 27.3 Å². The van der Waals surface area contributed by atoms with E-state index in [0.29, 0.717) is 5.69 Å². The number of fused-ring (bicyclic) bond motifs is 1. The van der Waals surface area contributed by atoms with Crippen LogP contribution in [0.2, 0.25) is 0 Å². The molecule has 0 saturated heterocycles. The summed E-state index contributed by atoms with van der Waals surface area (Å²) >= 11 is 3.32. The SMILES string of the molecule is CSC1(CNc2cc3nc(C)sc3cc2[N+](=O)[O-])CC1. The molecule has 0 unspecified atom stereocenters. The number of aromatic nitrogens is 1. The summed E-state index contributed by atoms with van der Waals surface area (Å²) in [6.45, 7) is 2.68. The number of rotatable bonds is 5. The van der Waals surface area contributed by atoms with E-state index < -0.39 is 0 Å². The van der Waals surface area contributed by atoms with E-state index in [-0.39, 0.29) is 15.4 Å². The van der Waals surface area contributed by atoms with Crippen LogP contribution >= 0.6 is 23.1 Å². The number of anilines is 1. The second-order valence-electron chi connectivity index (χ2n) is 5.07. The van der Waals surface area contributed by atoms with Crippen molar-refractivity contribution in [3.63, 3.8) is 0 Å². The number of thioether (sulfide) groups is 1. The van der Waals surface area contributed by atoms with Gasteiger partial charge in [-0.2, -0.15) is 11.8 Å². The van der Waals surface area contributed by atoms with Crippen molar-refractivity contribution in [1.82, 2.24) is 4.98 Å². The van der Waals surface area contributed by atoms with Crippen molar-refractivity contribution in [2.75, 3.05) is 18.1 Å². The van der Waals surface area contributed by atoms with Crippen LogP contribution in [-0.4, -0.2) is 27.5 Å². The molecule has 1 aliphatic carbocycles. The van der Waals surface area contributed by atoms with Gasteiger partial charge in [0.1, 0.15) is 5.69 Å². The first-order valence-corrected chi connectivity index (χ1v) is 8.42. The zero-order valence-corrected chi connectivity index (χ0v) is 12.9. The van der Waals surface area contributed by atoms with Crippen molar-refractivity contribution in [3.8, 4) is 0 Å². The average molecular weight is 309 g/mol. The predicted molar refractivity (Wildman–Crippen MR) is 85.0 cm³/mol. The van der Waals surface area contributed by atoms with Gasteiger partial charge in [0.25, 0.3) is 5.69 Å². The van der Waals surface area contributed by atoms with Crippen molar-refractivity contribution in [1.29, 1.82) is 0 Å². The molecule has 0 bridgehead atoms. The molecule has 0 spiro atoms. The quantitative estimate of drug-likeness (QED) is 0.671. The van der Waals surface area contributed by atoms with Gasteiger partial charge in [0.2, 0.25) is 0 Å². The van der Waals surface area contributed by atoms with E-state index in [2.05, 4.69) is 16.6 Å². The van der Waals surface area contributed by atoms with E-state index in [1.165, 1.54) is 24.2 Å². The fraction of sp³-hybridized carbons (Fsp3) is 0.462. The third kappa shape index (κ3) is 2.47. The third-order valence-electron chi connectivity index (χ3n) is 3.65. The Bertz CT molecular complexity index is 680. The molecule has 0 atom stereocenters. The summed E-state index contributed by atoms with van der Waals surface area (Å²) in [6.07, 6.45) is 4.44. The highest BCUT2D eigenvalue weighted by atomic mass is 32.2. The van der Waals surface area contributed by atoms with Crippen LogP contribution in [0.3, 0.4) is 0 Å². The summed E-state index contributed by atoms with van der Waals surface area (Å²) in [5.41, 5.74) is 1.54. The van der Waals surface area contributed by atoms with Gasteiger partial charge in [-0.3, -0.25) is 10.1 Å². The van der Waals surface area contributed by atoms with E-state index >= 15 is 0 Å². The molecule has 106 valence electrons. The number of nitrogens with zero attached hydrogens (tertiary/aromatic N) is 2. The molecule has 1 saturated carbocycles. The van der Waals surface area contributed by atoms with Gasteiger partial charge in [0, 0.05) is 17.4 Å². The number of hydrogen-bond acceptors (Lipinski definition) is 6. The Morgan fingerprint density at radius 2 is 2.30 bits per heavy atom. The highest BCUT2D eigenvalue weighted by molar-refractivity contribution is 8.00. The Balaban J connectivity index is 1.94. The van der Waals surface area contributed by atoms with Gasteiger partial charge in [-0.15, -0.1) is 11.3 Å². The van der Waals surface area contributed by atoms with Crippen LogP contribution in [0.15, 0.2) is 12.1 Å². The van der Waals surface area contributed by atoms with E-state index in [1.807, 2.05) is 18.7 Å². The Morgan fingerprint density at radius 3 is 2.90 bits per heavy atom. The maximum atomic E-state index is 11.2. The second-order valence-corrected chi connectivity index (χ2v) is 7.58. The Kier molecular flexibility index (Phi) is 3.33. The van der Waals surface area contributed by atoms with Crippen LogP contribution in [0.4, 0.5) is 11.4 Å². The molecule has 20 heavy (non-hydrogen) atoms. The molecule has 1 heterocycles. The molecule has 2 aromatic rings. The molecule has 5 nitrogen and oxygen atoms in total. The van der Waals surface area contributed by atoms with Crippen LogP contribution in [0.1, 0.15) is 17.8 Å². The summed E-state index contributed by atoms with van der Waals surface area (Å²) in [6, 6.07) is 3.42. The Hall–Kier alpha value is -1.34. The van der Waals surface area contributed by atoms with Crippen molar-refractivity contribution >= 4 is 44.7 Å². The highest BCUT2D eigenvalue weighted by Gasteiger charge is 2.41. The largest absolute Gasteiger partial charge is 0.378 e. The topological polar surface area (TPSA) is 68.1 Å². The number of aryl methyl sites for hydroxylation is 1. The van der Waals surface area contributed by atoms with Gasteiger partial charge in [-0.1, -0.05) is 0 Å². The number of nitro groups is 1. The van der Waals surface area contributed by atoms with Gasteiger partial charge >= 0.3 is 0 Å². The summed E-state index contributed by atoms with van der Waals surface area (Å²) < 4.78 is 1.13. The maximum Gasteiger partial charge on any atom is 0.293 e. The van der Waals surface area contributed by atoms with Crippen molar-refractivity contribution < 1.29 is 4.92 Å². The lowest BCUT2D eigenvalue weighted by Gasteiger charge is -2.14. The lowest BCUT2D eigenvalue weighted by molar-refractivity contribution is -0.383. The molecule has 0 aliphatic heterocycles. The Morgan fingerprint density at radius 1 is 1.55 bits per heavy atom. The Labute approximate surface area is 124 Å². The summed E-state index contributed by atoms with van der Waals surface area (Å²) in [7, 11) is 0. The minimum Gasteiger partial charge on any atom is -0.378 e. The zero-order chi connectivity index (χ0) is 14.3. The van der Waals surface area contributed by atoms with E-state index in [1.54, 1.807) is 12.1 Å². The number of nitrogens with one attached hydrogen (secondary N) is 1. The predicted octanol–water partition coefficient (Wildman–Crippen LogP) is 3.82. The van der Waals surface area contributed by atoms with Crippen molar-refractivity contribution in [2.24, 2.45) is 0 Å². The standard InChI is InChI=1S/C13H15N3O2S2/c1-8-15-10-5-9(14-7-13(19-2)3-4-13)11(16(17)18)6-12(10)20-8/h5-6,14H,3-4,7H2,1-2H3. The van der Waals surface area contributed by atoms with Crippen molar-refractivity contribution in [2.45, 2.75) is 24.5 Å². The van der Waals surface area contributed by atoms with Gasteiger partial charge in [0.05, 0.1) is 20.1 Å². The number of hydrogen-bond donors (Lipinski definition) is 1. The monoisotopic (exact) mass is 309 g/mol. The first kappa shape index (κ1) is 13.6. The zero-order valence-electron chi connectivity index (χ0n) is 11.3. The van der Waals surface area contributed by atoms with Crippen LogP contribution in [0.25, 0.3) is 10.2 Å². The highest BCUT2D eigenvalue weighted by Crippen LogP contribution is 2.47. The summed E-state index contributed by atoms with van der Waals surface area (Å²) in [5, 5.41) is 15.4. The van der Waals surface area contributed by atoms with Crippen LogP contribution in [-0.2, 0) is 0 Å². The minimum absolute atomic E-state index is 0.137. The first-order chi connectivity index (χ1) is 9.53. The van der Waals surface area contributed by atoms with Gasteiger partial charge in [-0.25, -0.2) is 4.98 Å². The molecule has 1 N–H and O–H groups in total. The van der Waals surface area contributed by atoms with Crippen LogP contribution in [0, 0.1) is 17.0 Å². The van der Waals surface area contributed by atoms with Gasteiger partial charge < -0.3 is 5.32 Å². The third-order valence-corrected chi connectivity index (χ3v) is 6.00. The summed E-state index contributed by atoms with van der Waals surface area (Å²) in [4.78, 5) is 15.3. The van der Waals surface area contributed by atoms with Crippen LogP contribution < -0.4 is 5.32 Å². The average Bonchev–Trinajstić information content (AvgIpc) is 3.10. The lowest BCUT2D eigenvalue weighted by atomic mass is 10.2. The molecule has 1 aromatic heterocycles. The molecular formula is C13H15N3O2S2. The summed E-state index contributed by atoms with van der Waals surface area (Å²) in [5.74, 6) is 0. The molecule has 1 fully saturated rings. The van der Waals surface area contributed by atoms with Crippen LogP contribution in [0.5, 0.6) is 0 Å². The lowest BCUT2D eigenvalue weighted by Crippen LogP contribution is -2.18. The molecule has 1 aromatic carbocycles. The molecule has 3 rings (SSSR count). The molecule has 0 amide bonds.